The van der Waals surface area contributed by atoms with Crippen LogP contribution < -0.4 is 11.1 Å². The summed E-state index contributed by atoms with van der Waals surface area (Å²) in [5.74, 6) is -1.06. The highest BCUT2D eigenvalue weighted by molar-refractivity contribution is 7.09. The Kier molecular flexibility index (Phi) is 3.63. The van der Waals surface area contributed by atoms with Gasteiger partial charge in [-0.15, -0.1) is 11.3 Å². The zero-order chi connectivity index (χ0) is 13.1. The fourth-order valence-corrected chi connectivity index (χ4v) is 2.02. The van der Waals surface area contributed by atoms with E-state index < -0.39 is 11.7 Å². The highest BCUT2D eigenvalue weighted by Gasteiger charge is 2.14. The lowest BCUT2D eigenvalue weighted by atomic mass is 10.3. The van der Waals surface area contributed by atoms with Crippen LogP contribution in [0.1, 0.15) is 28.5 Å². The molecule has 0 aliphatic heterocycles. The largest absolute Gasteiger partial charge is 0.322 e. The second-order valence-corrected chi connectivity index (χ2v) is 4.56. The number of carbonyl (C=O) groups excluding carboxylic acids is 1. The van der Waals surface area contributed by atoms with Gasteiger partial charge in [0.1, 0.15) is 10.7 Å². The van der Waals surface area contributed by atoms with Crippen LogP contribution in [0.3, 0.4) is 0 Å². The Morgan fingerprint density at radius 2 is 2.39 bits per heavy atom. The second kappa shape index (κ2) is 5.19. The summed E-state index contributed by atoms with van der Waals surface area (Å²) in [5.41, 5.74) is 5.95. The summed E-state index contributed by atoms with van der Waals surface area (Å²) in [6.07, 6.45) is 2.43. The minimum absolute atomic E-state index is 0.0744. The van der Waals surface area contributed by atoms with Gasteiger partial charge < -0.3 is 11.1 Å². The maximum Gasteiger partial charge on any atom is 0.275 e. The van der Waals surface area contributed by atoms with Crippen molar-refractivity contribution >= 4 is 22.9 Å². The molecule has 1 atom stereocenters. The summed E-state index contributed by atoms with van der Waals surface area (Å²) < 4.78 is 13.3. The highest BCUT2D eigenvalue weighted by atomic mass is 32.1. The second-order valence-electron chi connectivity index (χ2n) is 3.67. The Hall–Kier alpha value is -1.86. The quantitative estimate of drug-likeness (QED) is 0.889. The number of halogens is 1. The summed E-state index contributed by atoms with van der Waals surface area (Å²) in [4.78, 5) is 19.5. The van der Waals surface area contributed by atoms with Crippen LogP contribution in [-0.2, 0) is 0 Å². The molecule has 2 aromatic rings. The van der Waals surface area contributed by atoms with Gasteiger partial charge in [-0.3, -0.25) is 9.78 Å². The molecule has 0 spiro atoms. The van der Waals surface area contributed by atoms with Crippen molar-refractivity contribution < 1.29 is 9.18 Å². The molecule has 0 saturated carbocycles. The molecule has 0 saturated heterocycles. The predicted octanol–water partition coefficient (Wildman–Crippen LogP) is 1.95. The number of nitrogens with one attached hydrogen (secondary N) is 1. The molecule has 0 bridgehead atoms. The van der Waals surface area contributed by atoms with E-state index in [1.165, 1.54) is 23.6 Å². The van der Waals surface area contributed by atoms with E-state index in [9.17, 15) is 9.18 Å². The number of carbonyl (C=O) groups is 1. The number of aromatic nitrogens is 2. The van der Waals surface area contributed by atoms with Gasteiger partial charge in [0.15, 0.2) is 5.82 Å². The molecule has 94 valence electrons. The minimum atomic E-state index is -0.589. The molecule has 1 amide bonds. The van der Waals surface area contributed by atoms with Crippen molar-refractivity contribution in [1.29, 1.82) is 0 Å². The summed E-state index contributed by atoms with van der Waals surface area (Å²) in [7, 11) is 0. The summed E-state index contributed by atoms with van der Waals surface area (Å²) in [5, 5.41) is 4.68. The van der Waals surface area contributed by atoms with Crippen LogP contribution in [0.4, 0.5) is 10.1 Å². The Balaban J connectivity index is 2.15. The lowest BCUT2D eigenvalue weighted by molar-refractivity contribution is 0.102. The SMILES string of the molecule is CC(N)c1nc(C(=O)Nc2ccncc2F)cs1. The number of nitrogens with zero attached hydrogens (tertiary/aromatic N) is 2. The molecule has 18 heavy (non-hydrogen) atoms. The monoisotopic (exact) mass is 266 g/mol. The molecule has 0 aliphatic rings. The molecule has 0 aromatic carbocycles. The number of nitrogens with two attached hydrogens (primary N) is 1. The van der Waals surface area contributed by atoms with Crippen molar-refractivity contribution in [3.05, 3.63) is 40.4 Å². The standard InChI is InChI=1S/C11H11FN4OS/c1-6(13)11-16-9(5-18-11)10(17)15-8-2-3-14-4-7(8)12/h2-6H,13H2,1H3,(H,14,15,17). The molecule has 2 rings (SSSR count). The first kappa shape index (κ1) is 12.6. The van der Waals surface area contributed by atoms with Crippen molar-refractivity contribution in [2.45, 2.75) is 13.0 Å². The molecule has 2 heterocycles. The Morgan fingerprint density at radius 1 is 1.61 bits per heavy atom. The average molecular weight is 266 g/mol. The van der Waals surface area contributed by atoms with Crippen LogP contribution in [0, 0.1) is 5.82 Å². The van der Waals surface area contributed by atoms with E-state index in [0.717, 1.165) is 6.20 Å². The van der Waals surface area contributed by atoms with E-state index in [1.807, 2.05) is 0 Å². The van der Waals surface area contributed by atoms with Gasteiger partial charge in [-0.25, -0.2) is 9.37 Å². The van der Waals surface area contributed by atoms with Crippen molar-refractivity contribution in [2.75, 3.05) is 5.32 Å². The fourth-order valence-electron chi connectivity index (χ4n) is 1.26. The third kappa shape index (κ3) is 2.69. The van der Waals surface area contributed by atoms with Crippen LogP contribution >= 0.6 is 11.3 Å². The van der Waals surface area contributed by atoms with Gasteiger partial charge in [0, 0.05) is 11.6 Å². The van der Waals surface area contributed by atoms with Crippen molar-refractivity contribution in [3.8, 4) is 0 Å². The predicted molar refractivity (Wildman–Crippen MR) is 66.9 cm³/mol. The number of rotatable bonds is 3. The molecule has 0 radical (unpaired) electrons. The normalized spacial score (nSPS) is 12.2. The van der Waals surface area contributed by atoms with Gasteiger partial charge in [-0.05, 0) is 13.0 Å². The number of pyridine rings is 1. The molecular formula is C11H11FN4OS. The topological polar surface area (TPSA) is 80.9 Å². The van der Waals surface area contributed by atoms with Gasteiger partial charge in [0.2, 0.25) is 0 Å². The molecule has 2 aromatic heterocycles. The smallest absolute Gasteiger partial charge is 0.275 e. The summed E-state index contributed by atoms with van der Waals surface area (Å²) >= 11 is 1.30. The molecule has 1 unspecified atom stereocenters. The highest BCUT2D eigenvalue weighted by Crippen LogP contribution is 2.17. The lowest BCUT2D eigenvalue weighted by Crippen LogP contribution is -2.14. The molecule has 0 aliphatic carbocycles. The van der Waals surface area contributed by atoms with Crippen LogP contribution in [0.25, 0.3) is 0 Å². The van der Waals surface area contributed by atoms with E-state index in [1.54, 1.807) is 12.3 Å². The van der Waals surface area contributed by atoms with Crippen LogP contribution in [-0.4, -0.2) is 15.9 Å². The van der Waals surface area contributed by atoms with E-state index >= 15 is 0 Å². The minimum Gasteiger partial charge on any atom is -0.322 e. The van der Waals surface area contributed by atoms with Crippen molar-refractivity contribution in [3.63, 3.8) is 0 Å². The number of amides is 1. The molecule has 0 fully saturated rings. The number of anilines is 1. The van der Waals surface area contributed by atoms with Crippen LogP contribution in [0.15, 0.2) is 23.8 Å². The van der Waals surface area contributed by atoms with Crippen LogP contribution in [0.5, 0.6) is 0 Å². The Bertz CT molecular complexity index is 570. The van der Waals surface area contributed by atoms with Crippen LogP contribution in [0.2, 0.25) is 0 Å². The fraction of sp³-hybridized carbons (Fsp3) is 0.182. The molecule has 7 heteroatoms. The average Bonchev–Trinajstić information content (AvgIpc) is 2.81. The number of hydrogen-bond acceptors (Lipinski definition) is 5. The lowest BCUT2D eigenvalue weighted by Gasteiger charge is -2.03. The van der Waals surface area contributed by atoms with Gasteiger partial charge in [0.25, 0.3) is 5.91 Å². The van der Waals surface area contributed by atoms with E-state index in [2.05, 4.69) is 15.3 Å². The third-order valence-electron chi connectivity index (χ3n) is 2.16. The van der Waals surface area contributed by atoms with E-state index in [-0.39, 0.29) is 17.4 Å². The summed E-state index contributed by atoms with van der Waals surface area (Å²) in [6.45, 7) is 1.78. The maximum absolute atomic E-state index is 13.3. The maximum atomic E-state index is 13.3. The Labute approximate surface area is 107 Å². The Morgan fingerprint density at radius 3 is 3.00 bits per heavy atom. The zero-order valence-electron chi connectivity index (χ0n) is 9.55. The first-order chi connectivity index (χ1) is 8.58. The van der Waals surface area contributed by atoms with Gasteiger partial charge in [-0.1, -0.05) is 0 Å². The summed E-state index contributed by atoms with van der Waals surface area (Å²) in [6, 6.07) is 1.15. The molecule has 5 nitrogen and oxygen atoms in total. The van der Waals surface area contributed by atoms with E-state index in [4.69, 9.17) is 5.73 Å². The van der Waals surface area contributed by atoms with Gasteiger partial charge in [0.05, 0.1) is 17.9 Å². The van der Waals surface area contributed by atoms with Gasteiger partial charge >= 0.3 is 0 Å². The molecule has 3 N–H and O–H groups in total. The number of thiazole rings is 1. The third-order valence-corrected chi connectivity index (χ3v) is 3.21. The van der Waals surface area contributed by atoms with Crippen molar-refractivity contribution in [1.82, 2.24) is 9.97 Å². The number of hydrogen-bond donors (Lipinski definition) is 2. The first-order valence-corrected chi connectivity index (χ1v) is 6.07. The van der Waals surface area contributed by atoms with Crippen molar-refractivity contribution in [2.24, 2.45) is 5.73 Å². The van der Waals surface area contributed by atoms with Gasteiger partial charge in [-0.2, -0.15) is 0 Å². The van der Waals surface area contributed by atoms with E-state index in [0.29, 0.717) is 5.01 Å². The molecular weight excluding hydrogens is 255 g/mol. The first-order valence-electron chi connectivity index (χ1n) is 5.20. The zero-order valence-corrected chi connectivity index (χ0v) is 10.4.